The summed E-state index contributed by atoms with van der Waals surface area (Å²) < 4.78 is 11.7. The van der Waals surface area contributed by atoms with Crippen LogP contribution in [0.25, 0.3) is 0 Å². The van der Waals surface area contributed by atoms with E-state index in [1.54, 1.807) is 0 Å². The van der Waals surface area contributed by atoms with E-state index in [1.807, 2.05) is 41.3 Å². The zero-order chi connectivity index (χ0) is 27.0. The first-order valence-electron chi connectivity index (χ1n) is 13.8. The summed E-state index contributed by atoms with van der Waals surface area (Å²) in [6.07, 6.45) is 5.34. The van der Waals surface area contributed by atoms with Gasteiger partial charge < -0.3 is 29.9 Å². The third kappa shape index (κ3) is 7.32. The quantitative estimate of drug-likeness (QED) is 0.553. The summed E-state index contributed by atoms with van der Waals surface area (Å²) in [6.45, 7) is 6.10. The maximum Gasteiger partial charge on any atom is 0.236 e. The average molecular weight is 553 g/mol. The van der Waals surface area contributed by atoms with Crippen LogP contribution in [0.2, 0.25) is 5.02 Å². The number of nitrogens with zero attached hydrogens (tertiary/aromatic N) is 2. The summed E-state index contributed by atoms with van der Waals surface area (Å²) in [5, 5.41) is 6.99. The molecule has 0 aromatic heterocycles. The van der Waals surface area contributed by atoms with E-state index < -0.39 is 0 Å². The van der Waals surface area contributed by atoms with Gasteiger partial charge >= 0.3 is 0 Å². The Balaban J connectivity index is 1.24. The molecule has 0 radical (unpaired) electrons. The van der Waals surface area contributed by atoms with Crippen LogP contribution >= 0.6 is 11.6 Å². The molecule has 2 aromatic rings. The van der Waals surface area contributed by atoms with E-state index >= 15 is 0 Å². The first kappa shape index (κ1) is 27.5. The van der Waals surface area contributed by atoms with Gasteiger partial charge in [-0.2, -0.15) is 0 Å². The number of ether oxygens (including phenoxy) is 2. The number of rotatable bonds is 5. The van der Waals surface area contributed by atoms with Crippen molar-refractivity contribution in [3.63, 3.8) is 0 Å². The molecule has 2 amide bonds. The molecule has 0 saturated carbocycles. The van der Waals surface area contributed by atoms with E-state index in [4.69, 9.17) is 21.1 Å². The Morgan fingerprint density at radius 3 is 2.77 bits per heavy atom. The van der Waals surface area contributed by atoms with Crippen molar-refractivity contribution in [1.29, 1.82) is 0 Å². The maximum atomic E-state index is 13.1. The predicted molar refractivity (Wildman–Crippen MR) is 152 cm³/mol. The molecule has 2 atom stereocenters. The Morgan fingerprint density at radius 2 is 1.92 bits per heavy atom. The molecule has 39 heavy (non-hydrogen) atoms. The van der Waals surface area contributed by atoms with Crippen molar-refractivity contribution < 1.29 is 19.1 Å². The van der Waals surface area contributed by atoms with Crippen LogP contribution in [-0.2, 0) is 27.4 Å². The number of amides is 2. The number of hydrogen-bond acceptors (Lipinski definition) is 6. The van der Waals surface area contributed by atoms with Crippen molar-refractivity contribution in [2.45, 2.75) is 25.9 Å². The third-order valence-corrected chi connectivity index (χ3v) is 8.14. The Kier molecular flexibility index (Phi) is 9.40. The number of benzene rings is 2. The second-order valence-corrected chi connectivity index (χ2v) is 10.8. The molecular weight excluding hydrogens is 516 g/mol. The Labute approximate surface area is 235 Å². The van der Waals surface area contributed by atoms with Crippen LogP contribution in [0.3, 0.4) is 0 Å². The molecule has 2 N–H and O–H groups in total. The summed E-state index contributed by atoms with van der Waals surface area (Å²) in [6, 6.07) is 13.8. The van der Waals surface area contributed by atoms with Crippen LogP contribution in [0.5, 0.6) is 5.75 Å². The second-order valence-electron chi connectivity index (χ2n) is 10.4. The molecule has 2 saturated heterocycles. The summed E-state index contributed by atoms with van der Waals surface area (Å²) >= 11 is 6.23. The lowest BCUT2D eigenvalue weighted by Crippen LogP contribution is -2.47. The molecule has 2 fully saturated rings. The largest absolute Gasteiger partial charge is 0.489 e. The number of halogens is 1. The SMILES string of the molecule is O=C(C[C@@H]1CCN2C[C@@H]1/C=C/COc1ccc(N3CCOCC3)cc1CNCC2=O)NCc1ccccc1Cl. The summed E-state index contributed by atoms with van der Waals surface area (Å²) in [7, 11) is 0. The minimum atomic E-state index is -0.000992. The summed E-state index contributed by atoms with van der Waals surface area (Å²) in [5.41, 5.74) is 3.08. The van der Waals surface area contributed by atoms with E-state index in [0.29, 0.717) is 44.2 Å². The first-order chi connectivity index (χ1) is 19.1. The Morgan fingerprint density at radius 1 is 1.08 bits per heavy atom. The lowest BCUT2D eigenvalue weighted by Gasteiger charge is -2.37. The molecule has 3 aliphatic rings. The standard InChI is InChI=1S/C30H37ClN4O4/c31-27-6-2-1-4-23(27)19-33-29(36)17-22-9-10-35-21-24(22)5-3-13-39-28-8-7-26(34-11-14-38-15-12-34)16-25(28)18-32-20-30(35)37/h1-8,16,22,24,32H,9-15,17-21H2,(H,33,36)/b5-3+/t22-,24-/m0/s1. The molecule has 9 heteroatoms. The highest BCUT2D eigenvalue weighted by molar-refractivity contribution is 6.31. The molecule has 5 rings (SSSR count). The molecule has 2 bridgehead atoms. The lowest BCUT2D eigenvalue weighted by molar-refractivity contribution is -0.132. The van der Waals surface area contributed by atoms with Crippen molar-refractivity contribution in [3.8, 4) is 5.75 Å². The number of nitrogens with one attached hydrogen (secondary N) is 2. The zero-order valence-electron chi connectivity index (χ0n) is 22.2. The van der Waals surface area contributed by atoms with Crippen molar-refractivity contribution >= 4 is 29.1 Å². The smallest absolute Gasteiger partial charge is 0.236 e. The highest BCUT2D eigenvalue weighted by Crippen LogP contribution is 2.29. The van der Waals surface area contributed by atoms with Crippen molar-refractivity contribution in [3.05, 3.63) is 70.8 Å². The normalized spacial score (nSPS) is 22.9. The van der Waals surface area contributed by atoms with E-state index in [2.05, 4.69) is 33.7 Å². The van der Waals surface area contributed by atoms with Crippen LogP contribution < -0.4 is 20.3 Å². The molecular formula is C30H37ClN4O4. The minimum Gasteiger partial charge on any atom is -0.489 e. The van der Waals surface area contributed by atoms with Gasteiger partial charge in [0.25, 0.3) is 0 Å². The molecule has 3 aliphatic heterocycles. The molecule has 2 aromatic carbocycles. The number of hydrogen-bond donors (Lipinski definition) is 2. The van der Waals surface area contributed by atoms with Crippen LogP contribution in [0, 0.1) is 11.8 Å². The molecule has 0 unspecified atom stereocenters. The Bertz CT molecular complexity index is 1180. The van der Waals surface area contributed by atoms with Gasteiger partial charge in [0, 0.05) is 62.0 Å². The number of carbonyl (C=O) groups excluding carboxylic acids is 2. The fourth-order valence-corrected chi connectivity index (χ4v) is 5.72. The van der Waals surface area contributed by atoms with Gasteiger partial charge in [-0.15, -0.1) is 0 Å². The van der Waals surface area contributed by atoms with Gasteiger partial charge in [-0.25, -0.2) is 0 Å². The molecule has 8 nitrogen and oxygen atoms in total. The van der Waals surface area contributed by atoms with Gasteiger partial charge in [0.05, 0.1) is 19.8 Å². The van der Waals surface area contributed by atoms with Crippen LogP contribution in [0.4, 0.5) is 5.69 Å². The molecule has 208 valence electrons. The van der Waals surface area contributed by atoms with Gasteiger partial charge in [0.1, 0.15) is 12.4 Å². The average Bonchev–Trinajstić information content (AvgIpc) is 2.97. The monoisotopic (exact) mass is 552 g/mol. The first-order valence-corrected chi connectivity index (χ1v) is 14.2. The maximum absolute atomic E-state index is 13.1. The third-order valence-electron chi connectivity index (χ3n) is 7.77. The van der Waals surface area contributed by atoms with E-state index in [-0.39, 0.29) is 30.2 Å². The predicted octanol–water partition coefficient (Wildman–Crippen LogP) is 3.39. The molecule has 3 heterocycles. The van der Waals surface area contributed by atoms with E-state index in [0.717, 1.165) is 55.3 Å². The van der Waals surface area contributed by atoms with Crippen LogP contribution in [0.1, 0.15) is 24.0 Å². The number of carbonyl (C=O) groups is 2. The number of fused-ring (bicyclic) bond motifs is 3. The highest BCUT2D eigenvalue weighted by Gasteiger charge is 2.31. The van der Waals surface area contributed by atoms with Gasteiger partial charge in [-0.3, -0.25) is 9.59 Å². The molecule has 0 spiro atoms. The number of morpholine rings is 1. The minimum absolute atomic E-state index is 0.000992. The second kappa shape index (κ2) is 13.3. The van der Waals surface area contributed by atoms with Gasteiger partial charge in [0.15, 0.2) is 0 Å². The van der Waals surface area contributed by atoms with Crippen molar-refractivity contribution in [1.82, 2.24) is 15.5 Å². The zero-order valence-corrected chi connectivity index (χ0v) is 23.0. The van der Waals surface area contributed by atoms with Gasteiger partial charge in [-0.05, 0) is 48.1 Å². The number of piperidine rings is 1. The Hall–Kier alpha value is -3.07. The fraction of sp³-hybridized carbons (Fsp3) is 0.467. The van der Waals surface area contributed by atoms with E-state index in [9.17, 15) is 9.59 Å². The van der Waals surface area contributed by atoms with Crippen molar-refractivity contribution in [2.24, 2.45) is 11.8 Å². The topological polar surface area (TPSA) is 83.1 Å². The van der Waals surface area contributed by atoms with E-state index in [1.165, 1.54) is 0 Å². The summed E-state index contributed by atoms with van der Waals surface area (Å²) in [5.74, 6) is 1.13. The lowest BCUT2D eigenvalue weighted by atomic mass is 9.82. The molecule has 0 aliphatic carbocycles. The van der Waals surface area contributed by atoms with Gasteiger partial charge in [0.2, 0.25) is 11.8 Å². The number of anilines is 1. The highest BCUT2D eigenvalue weighted by atomic mass is 35.5. The van der Waals surface area contributed by atoms with Crippen molar-refractivity contribution in [2.75, 3.05) is 57.4 Å². The van der Waals surface area contributed by atoms with Crippen LogP contribution in [-0.4, -0.2) is 69.3 Å². The van der Waals surface area contributed by atoms with Crippen LogP contribution in [0.15, 0.2) is 54.6 Å². The fourth-order valence-electron chi connectivity index (χ4n) is 5.52. The van der Waals surface area contributed by atoms with Gasteiger partial charge in [-0.1, -0.05) is 42.0 Å². The summed E-state index contributed by atoms with van der Waals surface area (Å²) in [4.78, 5) is 30.1.